The van der Waals surface area contributed by atoms with Crippen molar-refractivity contribution in [1.82, 2.24) is 4.98 Å². The number of pyridine rings is 1. The lowest BCUT2D eigenvalue weighted by Gasteiger charge is -2.40. The van der Waals surface area contributed by atoms with Crippen LogP contribution in [-0.2, 0) is 14.3 Å². The van der Waals surface area contributed by atoms with Crippen LogP contribution < -0.4 is 14.4 Å². The maximum absolute atomic E-state index is 14.0. The smallest absolute Gasteiger partial charge is 0.295 e. The molecule has 1 saturated carbocycles. The number of nitrogens with zero attached hydrogens (tertiary/aromatic N) is 2. The Kier molecular flexibility index (Phi) is 6.03. The minimum absolute atomic E-state index is 0.0100. The van der Waals surface area contributed by atoms with Crippen LogP contribution in [0.4, 0.5) is 5.82 Å². The molecular weight excluding hydrogens is 444 g/mol. The van der Waals surface area contributed by atoms with Gasteiger partial charge >= 0.3 is 0 Å². The first-order valence-corrected chi connectivity index (χ1v) is 12.4. The summed E-state index contributed by atoms with van der Waals surface area (Å²) >= 11 is 0. The molecule has 1 aliphatic carbocycles. The molecule has 0 bridgehead atoms. The van der Waals surface area contributed by atoms with Gasteiger partial charge in [0.05, 0.1) is 31.2 Å². The van der Waals surface area contributed by atoms with E-state index < -0.39 is 6.04 Å². The van der Waals surface area contributed by atoms with Gasteiger partial charge in [-0.1, -0.05) is 26.0 Å². The van der Waals surface area contributed by atoms with Crippen molar-refractivity contribution in [3.63, 3.8) is 0 Å². The monoisotopic (exact) mass is 476 g/mol. The number of aromatic nitrogens is 1. The number of amides is 1. The SMILES string of the molecule is CCOc1ccc(C2C3=C(OC4CC(C)C(C)CC4C3=O)C(=O)N2c2ccc(C)cn2)cc1OC. The van der Waals surface area contributed by atoms with E-state index in [1.165, 1.54) is 0 Å². The lowest BCUT2D eigenvalue weighted by molar-refractivity contribution is -0.134. The molecule has 1 aromatic carbocycles. The molecule has 3 heterocycles. The van der Waals surface area contributed by atoms with E-state index in [1.807, 2.05) is 44.2 Å². The number of carbonyl (C=O) groups is 2. The zero-order chi connectivity index (χ0) is 24.9. The largest absolute Gasteiger partial charge is 0.493 e. The summed E-state index contributed by atoms with van der Waals surface area (Å²) in [5.74, 6) is 2.09. The van der Waals surface area contributed by atoms with Crippen LogP contribution in [0.3, 0.4) is 0 Å². The summed E-state index contributed by atoms with van der Waals surface area (Å²) in [7, 11) is 1.58. The summed E-state index contributed by atoms with van der Waals surface area (Å²) in [6.45, 7) is 8.73. The quantitative estimate of drug-likeness (QED) is 0.618. The standard InChI is InChI=1S/C28H32N2O5/c1-6-34-20-9-8-18(13-22(20)33-5)25-24-26(31)19-11-16(3)17(4)12-21(19)35-27(24)28(32)30(25)23-10-7-15(2)14-29-23/h7-10,13-14,16-17,19,21,25H,6,11-12H2,1-5H3. The molecule has 3 aliphatic rings. The molecule has 35 heavy (non-hydrogen) atoms. The molecule has 7 heteroatoms. The summed E-state index contributed by atoms with van der Waals surface area (Å²) in [5, 5.41) is 0. The summed E-state index contributed by atoms with van der Waals surface area (Å²) in [6.07, 6.45) is 2.99. The van der Waals surface area contributed by atoms with Crippen LogP contribution in [0.2, 0.25) is 0 Å². The summed E-state index contributed by atoms with van der Waals surface area (Å²) in [4.78, 5) is 33.9. The van der Waals surface area contributed by atoms with E-state index in [9.17, 15) is 9.59 Å². The Balaban J connectivity index is 1.64. The number of hydrogen-bond acceptors (Lipinski definition) is 6. The third-order valence-electron chi connectivity index (χ3n) is 7.66. The minimum atomic E-state index is -0.652. The number of rotatable bonds is 5. The van der Waals surface area contributed by atoms with E-state index in [1.54, 1.807) is 18.2 Å². The van der Waals surface area contributed by atoms with Crippen molar-refractivity contribution in [2.75, 3.05) is 18.6 Å². The summed E-state index contributed by atoms with van der Waals surface area (Å²) < 4.78 is 17.6. The Morgan fingerprint density at radius 2 is 1.86 bits per heavy atom. The molecule has 2 aliphatic heterocycles. The highest BCUT2D eigenvalue weighted by atomic mass is 16.5. The van der Waals surface area contributed by atoms with Gasteiger partial charge < -0.3 is 14.2 Å². The second-order valence-electron chi connectivity index (χ2n) is 9.91. The highest BCUT2D eigenvalue weighted by Crippen LogP contribution is 2.50. The van der Waals surface area contributed by atoms with Crippen LogP contribution in [0.5, 0.6) is 11.5 Å². The highest BCUT2D eigenvalue weighted by molar-refractivity contribution is 6.17. The average Bonchev–Trinajstić information content (AvgIpc) is 3.14. The van der Waals surface area contributed by atoms with E-state index in [2.05, 4.69) is 18.8 Å². The third-order valence-corrected chi connectivity index (χ3v) is 7.66. The van der Waals surface area contributed by atoms with Gasteiger partial charge in [0.15, 0.2) is 23.0 Å². The van der Waals surface area contributed by atoms with Crippen molar-refractivity contribution in [2.45, 2.75) is 52.7 Å². The Morgan fingerprint density at radius 3 is 2.54 bits per heavy atom. The van der Waals surface area contributed by atoms with E-state index in [0.29, 0.717) is 41.3 Å². The van der Waals surface area contributed by atoms with E-state index in [4.69, 9.17) is 14.2 Å². The van der Waals surface area contributed by atoms with Gasteiger partial charge in [-0.05, 0) is 67.9 Å². The lowest BCUT2D eigenvalue weighted by atomic mass is 9.70. The number of Topliss-reactive ketones (excluding diaryl/α,β-unsaturated/α-hetero) is 1. The molecule has 2 aromatic rings. The van der Waals surface area contributed by atoms with Crippen molar-refractivity contribution < 1.29 is 23.8 Å². The van der Waals surface area contributed by atoms with Crippen molar-refractivity contribution in [3.05, 3.63) is 59.0 Å². The van der Waals surface area contributed by atoms with Crippen molar-refractivity contribution in [2.24, 2.45) is 17.8 Å². The summed E-state index contributed by atoms with van der Waals surface area (Å²) in [6, 6.07) is 8.61. The van der Waals surface area contributed by atoms with Gasteiger partial charge in [0.1, 0.15) is 11.9 Å². The fourth-order valence-corrected chi connectivity index (χ4v) is 5.54. The molecule has 0 N–H and O–H groups in total. The number of ether oxygens (including phenoxy) is 3. The van der Waals surface area contributed by atoms with Crippen LogP contribution in [0.1, 0.15) is 50.8 Å². The number of benzene rings is 1. The van der Waals surface area contributed by atoms with Crippen LogP contribution in [0, 0.1) is 24.7 Å². The van der Waals surface area contributed by atoms with Gasteiger partial charge in [-0.2, -0.15) is 0 Å². The number of hydrogen-bond donors (Lipinski definition) is 0. The number of carbonyl (C=O) groups excluding carboxylic acids is 2. The molecule has 1 amide bonds. The Hall–Kier alpha value is -3.35. The van der Waals surface area contributed by atoms with Gasteiger partial charge in [-0.15, -0.1) is 0 Å². The maximum atomic E-state index is 14.0. The molecule has 0 saturated heterocycles. The van der Waals surface area contributed by atoms with Crippen molar-refractivity contribution in [3.8, 4) is 11.5 Å². The highest BCUT2D eigenvalue weighted by Gasteiger charge is 2.54. The fourth-order valence-electron chi connectivity index (χ4n) is 5.54. The Morgan fingerprint density at radius 1 is 1.09 bits per heavy atom. The molecule has 1 fully saturated rings. The van der Waals surface area contributed by atoms with Crippen LogP contribution in [0.25, 0.3) is 0 Å². The number of anilines is 1. The van der Waals surface area contributed by atoms with Gasteiger partial charge in [-0.25, -0.2) is 4.98 Å². The zero-order valence-electron chi connectivity index (χ0n) is 20.9. The van der Waals surface area contributed by atoms with E-state index in [-0.39, 0.29) is 29.5 Å². The van der Waals surface area contributed by atoms with E-state index in [0.717, 1.165) is 24.0 Å². The molecule has 1 aromatic heterocycles. The minimum Gasteiger partial charge on any atom is -0.493 e. The Bertz CT molecular complexity index is 1190. The number of methoxy groups -OCH3 is 1. The van der Waals surface area contributed by atoms with Crippen LogP contribution >= 0.6 is 0 Å². The van der Waals surface area contributed by atoms with Gasteiger partial charge in [0.25, 0.3) is 5.91 Å². The van der Waals surface area contributed by atoms with Gasteiger partial charge in [-0.3, -0.25) is 14.5 Å². The average molecular weight is 477 g/mol. The first-order valence-electron chi connectivity index (χ1n) is 12.4. The topological polar surface area (TPSA) is 78.0 Å². The second kappa shape index (κ2) is 9.02. The molecule has 0 spiro atoms. The Labute approximate surface area is 206 Å². The fraction of sp³-hybridized carbons (Fsp3) is 0.464. The van der Waals surface area contributed by atoms with Crippen molar-refractivity contribution >= 4 is 17.5 Å². The zero-order valence-corrected chi connectivity index (χ0v) is 20.9. The van der Waals surface area contributed by atoms with E-state index >= 15 is 0 Å². The molecular formula is C28H32N2O5. The van der Waals surface area contributed by atoms with Gasteiger partial charge in [0.2, 0.25) is 0 Å². The molecule has 184 valence electrons. The predicted molar refractivity (Wildman–Crippen MR) is 131 cm³/mol. The van der Waals surface area contributed by atoms with Crippen molar-refractivity contribution in [1.29, 1.82) is 0 Å². The molecule has 0 radical (unpaired) electrons. The third kappa shape index (κ3) is 3.87. The maximum Gasteiger partial charge on any atom is 0.295 e. The summed E-state index contributed by atoms with van der Waals surface area (Å²) in [5.41, 5.74) is 2.16. The second-order valence-corrected chi connectivity index (χ2v) is 9.91. The molecule has 5 rings (SSSR count). The molecule has 7 nitrogen and oxygen atoms in total. The molecule has 5 atom stereocenters. The normalized spacial score (nSPS) is 27.9. The molecule has 5 unspecified atom stereocenters. The van der Waals surface area contributed by atoms with Crippen LogP contribution in [0.15, 0.2) is 47.9 Å². The number of aryl methyl sites for hydroxylation is 1. The predicted octanol–water partition coefficient (Wildman–Crippen LogP) is 4.79. The first-order chi connectivity index (χ1) is 16.8. The van der Waals surface area contributed by atoms with Crippen LogP contribution in [-0.4, -0.2) is 36.5 Å². The van der Waals surface area contributed by atoms with Gasteiger partial charge in [0, 0.05) is 6.20 Å². The number of fused-ring (bicyclic) bond motifs is 1. The lowest BCUT2D eigenvalue weighted by Crippen LogP contribution is -2.43. The first kappa shape index (κ1) is 23.4. The number of ketones is 1.